The van der Waals surface area contributed by atoms with Crippen molar-refractivity contribution in [2.45, 2.75) is 6.54 Å². The van der Waals surface area contributed by atoms with Crippen molar-refractivity contribution >= 4 is 27.5 Å². The largest absolute Gasteiger partial charge is 0.368 e. The number of carbonyl (C=O) groups excluding carboxylic acids is 1. The molecular formula is C14H10FN3O2S. The van der Waals surface area contributed by atoms with Crippen LogP contribution >= 0.6 is 11.3 Å². The lowest BCUT2D eigenvalue weighted by molar-refractivity contribution is -0.118. The van der Waals surface area contributed by atoms with E-state index in [2.05, 4.69) is 4.98 Å². The number of rotatable bonds is 3. The normalized spacial score (nSPS) is 10.9. The summed E-state index contributed by atoms with van der Waals surface area (Å²) in [4.78, 5) is 28.1. The number of hydrogen-bond acceptors (Lipinski definition) is 4. The third-order valence-electron chi connectivity index (χ3n) is 3.04. The fourth-order valence-corrected chi connectivity index (χ4v) is 3.00. The zero-order chi connectivity index (χ0) is 15.0. The molecule has 0 radical (unpaired) electrons. The van der Waals surface area contributed by atoms with Gasteiger partial charge in [-0.25, -0.2) is 9.37 Å². The average molecular weight is 303 g/mol. The number of hydrogen-bond donors (Lipinski definition) is 1. The van der Waals surface area contributed by atoms with Crippen molar-refractivity contribution in [1.29, 1.82) is 0 Å². The lowest BCUT2D eigenvalue weighted by Gasteiger charge is -2.03. The molecule has 0 saturated heterocycles. The van der Waals surface area contributed by atoms with Gasteiger partial charge in [0.2, 0.25) is 5.91 Å². The molecule has 2 aromatic heterocycles. The molecule has 0 aliphatic heterocycles. The second kappa shape index (κ2) is 5.10. The van der Waals surface area contributed by atoms with E-state index in [0.29, 0.717) is 15.8 Å². The third-order valence-corrected chi connectivity index (χ3v) is 3.93. The van der Waals surface area contributed by atoms with E-state index in [0.717, 1.165) is 5.56 Å². The molecular weight excluding hydrogens is 293 g/mol. The molecule has 0 atom stereocenters. The maximum absolute atomic E-state index is 13.0. The first kappa shape index (κ1) is 13.4. The fraction of sp³-hybridized carbons (Fsp3) is 0.0714. The van der Waals surface area contributed by atoms with Gasteiger partial charge < -0.3 is 5.73 Å². The number of halogens is 1. The molecule has 3 aromatic rings. The minimum atomic E-state index is -0.614. The highest BCUT2D eigenvalue weighted by molar-refractivity contribution is 7.17. The number of benzene rings is 1. The summed E-state index contributed by atoms with van der Waals surface area (Å²) in [6.45, 7) is -0.222. The van der Waals surface area contributed by atoms with Crippen LogP contribution in [0.15, 0.2) is 40.8 Å². The first-order valence-corrected chi connectivity index (χ1v) is 6.95. The molecule has 0 unspecified atom stereocenters. The van der Waals surface area contributed by atoms with Crippen molar-refractivity contribution in [3.63, 3.8) is 0 Å². The van der Waals surface area contributed by atoms with Gasteiger partial charge in [-0.2, -0.15) is 0 Å². The van der Waals surface area contributed by atoms with Gasteiger partial charge in [0.1, 0.15) is 17.2 Å². The Hall–Kier alpha value is -2.54. The fourth-order valence-electron chi connectivity index (χ4n) is 2.09. The lowest BCUT2D eigenvalue weighted by Crippen LogP contribution is -2.28. The number of amides is 1. The molecule has 0 fully saturated rings. The molecule has 2 N–H and O–H groups in total. The summed E-state index contributed by atoms with van der Waals surface area (Å²) in [5.41, 5.74) is 6.17. The minimum Gasteiger partial charge on any atom is -0.368 e. The van der Waals surface area contributed by atoms with Gasteiger partial charge in [0, 0.05) is 10.9 Å². The van der Waals surface area contributed by atoms with Crippen LogP contribution < -0.4 is 11.3 Å². The second-order valence-electron chi connectivity index (χ2n) is 4.48. The Balaban J connectivity index is 2.22. The molecule has 21 heavy (non-hydrogen) atoms. The number of carbonyl (C=O) groups is 1. The summed E-state index contributed by atoms with van der Waals surface area (Å²) in [6.07, 6.45) is 1.31. The second-order valence-corrected chi connectivity index (χ2v) is 5.34. The third kappa shape index (κ3) is 2.43. The maximum Gasteiger partial charge on any atom is 0.263 e. The van der Waals surface area contributed by atoms with Crippen molar-refractivity contribution in [1.82, 2.24) is 9.55 Å². The van der Waals surface area contributed by atoms with E-state index in [1.165, 1.54) is 34.4 Å². The van der Waals surface area contributed by atoms with Crippen molar-refractivity contribution in [2.75, 3.05) is 0 Å². The predicted octanol–water partition coefficient (Wildman–Crippen LogP) is 1.75. The average Bonchev–Trinajstić information content (AvgIpc) is 2.87. The number of nitrogens with zero attached hydrogens (tertiary/aromatic N) is 2. The number of primary amides is 1. The molecule has 1 aromatic carbocycles. The van der Waals surface area contributed by atoms with Gasteiger partial charge in [0.05, 0.1) is 11.7 Å². The first-order valence-electron chi connectivity index (χ1n) is 6.07. The van der Waals surface area contributed by atoms with Crippen LogP contribution in [0.2, 0.25) is 0 Å². The molecule has 106 valence electrons. The molecule has 1 amide bonds. The van der Waals surface area contributed by atoms with Gasteiger partial charge in [-0.3, -0.25) is 14.2 Å². The Morgan fingerprint density at radius 2 is 2.05 bits per heavy atom. The Bertz CT molecular complexity index is 883. The van der Waals surface area contributed by atoms with E-state index in [1.54, 1.807) is 17.5 Å². The zero-order valence-corrected chi connectivity index (χ0v) is 11.6. The Labute approximate surface area is 122 Å². The van der Waals surface area contributed by atoms with Crippen molar-refractivity contribution < 1.29 is 9.18 Å². The SMILES string of the molecule is NC(=O)Cn1cnc2scc(-c3ccc(F)cc3)c2c1=O. The lowest BCUT2D eigenvalue weighted by atomic mass is 10.1. The Kier molecular flexibility index (Phi) is 3.26. The molecule has 0 saturated carbocycles. The van der Waals surface area contributed by atoms with Crippen LogP contribution in [-0.4, -0.2) is 15.5 Å². The quantitative estimate of drug-likeness (QED) is 0.800. The maximum atomic E-state index is 13.0. The molecule has 0 spiro atoms. The van der Waals surface area contributed by atoms with E-state index >= 15 is 0 Å². The predicted molar refractivity (Wildman–Crippen MR) is 78.5 cm³/mol. The van der Waals surface area contributed by atoms with Crippen LogP contribution in [0, 0.1) is 5.82 Å². The monoisotopic (exact) mass is 303 g/mol. The van der Waals surface area contributed by atoms with Gasteiger partial charge in [-0.1, -0.05) is 12.1 Å². The summed E-state index contributed by atoms with van der Waals surface area (Å²) in [7, 11) is 0. The summed E-state index contributed by atoms with van der Waals surface area (Å²) in [5.74, 6) is -0.959. The van der Waals surface area contributed by atoms with E-state index < -0.39 is 5.91 Å². The van der Waals surface area contributed by atoms with Crippen molar-refractivity contribution in [3.05, 3.63) is 52.1 Å². The van der Waals surface area contributed by atoms with Crippen LogP contribution in [0.3, 0.4) is 0 Å². The van der Waals surface area contributed by atoms with Crippen LogP contribution in [0.4, 0.5) is 4.39 Å². The Morgan fingerprint density at radius 3 is 2.71 bits per heavy atom. The molecule has 2 heterocycles. The van der Waals surface area contributed by atoms with Gasteiger partial charge in [0.15, 0.2) is 0 Å². The van der Waals surface area contributed by atoms with Crippen molar-refractivity contribution in [3.8, 4) is 11.1 Å². The topological polar surface area (TPSA) is 78.0 Å². The number of fused-ring (bicyclic) bond motifs is 1. The molecule has 5 nitrogen and oxygen atoms in total. The molecule has 0 aliphatic rings. The van der Waals surface area contributed by atoms with Crippen LogP contribution in [-0.2, 0) is 11.3 Å². The van der Waals surface area contributed by atoms with Crippen LogP contribution in [0.1, 0.15) is 0 Å². The minimum absolute atomic E-state index is 0.222. The first-order chi connectivity index (χ1) is 10.1. The highest BCUT2D eigenvalue weighted by Gasteiger charge is 2.14. The zero-order valence-electron chi connectivity index (χ0n) is 10.7. The molecule has 7 heteroatoms. The summed E-state index contributed by atoms with van der Waals surface area (Å²) in [5, 5.41) is 2.20. The number of thiophene rings is 1. The summed E-state index contributed by atoms with van der Waals surface area (Å²) in [6, 6.07) is 5.86. The van der Waals surface area contributed by atoms with Crippen LogP contribution in [0.5, 0.6) is 0 Å². The van der Waals surface area contributed by atoms with E-state index in [9.17, 15) is 14.0 Å². The van der Waals surface area contributed by atoms with Gasteiger partial charge in [-0.15, -0.1) is 11.3 Å². The summed E-state index contributed by atoms with van der Waals surface area (Å²) >= 11 is 1.32. The van der Waals surface area contributed by atoms with Gasteiger partial charge in [0.25, 0.3) is 5.56 Å². The molecule has 0 aliphatic carbocycles. The Morgan fingerprint density at radius 1 is 1.33 bits per heavy atom. The van der Waals surface area contributed by atoms with Crippen LogP contribution in [0.25, 0.3) is 21.3 Å². The highest BCUT2D eigenvalue weighted by Crippen LogP contribution is 2.30. The van der Waals surface area contributed by atoms with Crippen molar-refractivity contribution in [2.24, 2.45) is 5.73 Å². The van der Waals surface area contributed by atoms with E-state index in [1.807, 2.05) is 0 Å². The van der Waals surface area contributed by atoms with E-state index in [4.69, 9.17) is 5.73 Å². The van der Waals surface area contributed by atoms with Gasteiger partial charge >= 0.3 is 0 Å². The summed E-state index contributed by atoms with van der Waals surface area (Å²) < 4.78 is 14.2. The van der Waals surface area contributed by atoms with E-state index in [-0.39, 0.29) is 17.9 Å². The smallest absolute Gasteiger partial charge is 0.263 e. The molecule has 3 rings (SSSR count). The number of aromatic nitrogens is 2. The highest BCUT2D eigenvalue weighted by atomic mass is 32.1. The standard InChI is InChI=1S/C14H10FN3O2S/c15-9-3-1-8(2-4-9)10-6-21-13-12(10)14(20)18(7-17-13)5-11(16)19/h1-4,6-7H,5H2,(H2,16,19). The molecule has 0 bridgehead atoms. The van der Waals surface area contributed by atoms with Gasteiger partial charge in [-0.05, 0) is 17.7 Å². The number of nitrogens with two attached hydrogens (primary N) is 1.